The number of hydrogen-bond donors (Lipinski definition) is 0. The van der Waals surface area contributed by atoms with Crippen LogP contribution in [0.2, 0.25) is 0 Å². The summed E-state index contributed by atoms with van der Waals surface area (Å²) < 4.78 is 4.03. The van der Waals surface area contributed by atoms with Crippen molar-refractivity contribution in [2.75, 3.05) is 0 Å². The van der Waals surface area contributed by atoms with Crippen LogP contribution in [-0.4, -0.2) is 38.2 Å². The fraction of sp³-hybridized carbons (Fsp3) is 0. The zero-order valence-corrected chi connectivity index (χ0v) is 6.96. The van der Waals surface area contributed by atoms with E-state index in [9.17, 15) is 0 Å². The van der Waals surface area contributed by atoms with Crippen molar-refractivity contribution >= 4 is 32.7 Å². The summed E-state index contributed by atoms with van der Waals surface area (Å²) in [6, 6.07) is 0. The molecule has 0 aliphatic heterocycles. The van der Waals surface area contributed by atoms with Gasteiger partial charge >= 0.3 is 40.2 Å². The number of rotatable bonds is 1. The van der Waals surface area contributed by atoms with Gasteiger partial charge in [0, 0.05) is 0 Å². The fourth-order valence-electron chi connectivity index (χ4n) is 0. The summed E-state index contributed by atoms with van der Waals surface area (Å²) in [7, 11) is 0. The minimum absolute atomic E-state index is 0. The predicted molar refractivity (Wildman–Crippen MR) is 16.5 cm³/mol. The van der Waals surface area contributed by atoms with E-state index in [1.807, 2.05) is 0 Å². The van der Waals surface area contributed by atoms with Crippen molar-refractivity contribution in [1.29, 1.82) is 0 Å². The minimum atomic E-state index is 0. The Hall–Kier alpha value is 0.352. The zero-order chi connectivity index (χ0) is 3.41. The van der Waals surface area contributed by atoms with Gasteiger partial charge in [0.05, 0.1) is 0 Å². The fourth-order valence-corrected chi connectivity index (χ4v) is 0. The van der Waals surface area contributed by atoms with Gasteiger partial charge in [0.15, 0.2) is 0 Å². The zero-order valence-electron chi connectivity index (χ0n) is 2.47. The second-order valence-electron chi connectivity index (χ2n) is 0.232. The molecule has 0 saturated heterocycles. The van der Waals surface area contributed by atoms with Crippen LogP contribution in [0.5, 0.6) is 0 Å². The van der Waals surface area contributed by atoms with Gasteiger partial charge in [-0.1, -0.05) is 0 Å². The first-order valence-corrected chi connectivity index (χ1v) is 2.54. The maximum atomic E-state index is 8.99. The Bertz CT molecular complexity index is 20.9. The van der Waals surface area contributed by atoms with E-state index in [0.29, 0.717) is 32.7 Å². The Morgan fingerprint density at radius 3 is 2.00 bits per heavy atom. The summed E-state index contributed by atoms with van der Waals surface area (Å²) >= 11 is 0.363. The van der Waals surface area contributed by atoms with Crippen molar-refractivity contribution in [2.45, 2.75) is 0 Å². The molecular formula is CH3O3Tl. The normalized spacial score (nSPS) is 3.80. The van der Waals surface area contributed by atoms with Crippen LogP contribution in [0, 0.1) is 0 Å². The van der Waals surface area contributed by atoms with E-state index in [1.54, 1.807) is 0 Å². The Labute approximate surface area is 46.0 Å². The SMILES string of the molecule is O.O=C[O][Tl]. The third kappa shape index (κ3) is 13.2. The quantitative estimate of drug-likeness (QED) is 0.425. The molecule has 3 nitrogen and oxygen atoms in total. The molecular weight excluding hydrogens is 264 g/mol. The average Bonchev–Trinajstić information content (AvgIpc) is 1.37. The molecule has 0 spiro atoms. The van der Waals surface area contributed by atoms with E-state index in [4.69, 9.17) is 4.79 Å². The van der Waals surface area contributed by atoms with E-state index in [2.05, 4.69) is 2.69 Å². The Morgan fingerprint density at radius 1 is 1.80 bits per heavy atom. The molecule has 0 radical (unpaired) electrons. The molecule has 0 aromatic rings. The van der Waals surface area contributed by atoms with E-state index >= 15 is 0 Å². The van der Waals surface area contributed by atoms with Gasteiger partial charge in [-0.15, -0.1) is 0 Å². The van der Waals surface area contributed by atoms with Crippen LogP contribution >= 0.6 is 0 Å². The number of carbonyl (C=O) groups excluding carboxylic acids is 1. The summed E-state index contributed by atoms with van der Waals surface area (Å²) in [6.07, 6.45) is 0. The molecule has 0 aromatic heterocycles. The molecule has 2 N–H and O–H groups in total. The van der Waals surface area contributed by atoms with Crippen molar-refractivity contribution in [2.24, 2.45) is 0 Å². The van der Waals surface area contributed by atoms with Crippen molar-refractivity contribution in [3.63, 3.8) is 0 Å². The Morgan fingerprint density at radius 2 is 2.00 bits per heavy atom. The first kappa shape index (κ1) is 9.02. The third-order valence-corrected chi connectivity index (χ3v) is 0.487. The second kappa shape index (κ2) is 8.84. The molecule has 0 amide bonds. The van der Waals surface area contributed by atoms with Crippen molar-refractivity contribution < 1.29 is 13.0 Å². The monoisotopic (exact) mass is 268 g/mol. The van der Waals surface area contributed by atoms with Crippen molar-refractivity contribution in [1.82, 2.24) is 0 Å². The van der Waals surface area contributed by atoms with E-state index in [-0.39, 0.29) is 5.48 Å². The van der Waals surface area contributed by atoms with Crippen LogP contribution in [-0.2, 0) is 7.48 Å². The second-order valence-corrected chi connectivity index (χ2v) is 1.29. The molecule has 0 fully saturated rings. The van der Waals surface area contributed by atoms with Gasteiger partial charge in [-0.05, 0) is 0 Å². The van der Waals surface area contributed by atoms with E-state index in [1.165, 1.54) is 0 Å². The van der Waals surface area contributed by atoms with Gasteiger partial charge in [-0.2, -0.15) is 0 Å². The predicted octanol–water partition coefficient (Wildman–Crippen LogP) is -1.58. The summed E-state index contributed by atoms with van der Waals surface area (Å²) in [6.45, 7) is 0.449. The third-order valence-electron chi connectivity index (χ3n) is 0.0556. The van der Waals surface area contributed by atoms with Crippen LogP contribution in [0.15, 0.2) is 0 Å². The number of carbonyl (C=O) groups is 1. The Balaban J connectivity index is 0. The first-order chi connectivity index (χ1) is 1.91. The summed E-state index contributed by atoms with van der Waals surface area (Å²) in [5.41, 5.74) is 0. The van der Waals surface area contributed by atoms with Crippen molar-refractivity contribution in [3.8, 4) is 0 Å². The van der Waals surface area contributed by atoms with Gasteiger partial charge in [0.25, 0.3) is 0 Å². The van der Waals surface area contributed by atoms with Gasteiger partial charge in [-0.25, -0.2) is 0 Å². The first-order valence-electron chi connectivity index (χ1n) is 0.707. The van der Waals surface area contributed by atoms with Gasteiger partial charge in [-0.3, -0.25) is 0 Å². The maximum absolute atomic E-state index is 8.99. The Kier molecular flexibility index (Phi) is 15.9. The molecule has 4 heteroatoms. The summed E-state index contributed by atoms with van der Waals surface area (Å²) in [4.78, 5) is 8.99. The van der Waals surface area contributed by atoms with Gasteiger partial charge < -0.3 is 5.48 Å². The molecule has 0 atom stereocenters. The van der Waals surface area contributed by atoms with Crippen molar-refractivity contribution in [3.05, 3.63) is 0 Å². The molecule has 0 aromatic carbocycles. The van der Waals surface area contributed by atoms with Crippen LogP contribution in [0.25, 0.3) is 0 Å². The topological polar surface area (TPSA) is 57.8 Å². The molecule has 0 bridgehead atoms. The summed E-state index contributed by atoms with van der Waals surface area (Å²) in [5, 5.41) is 0. The number of hydrogen-bond acceptors (Lipinski definition) is 2. The van der Waals surface area contributed by atoms with Gasteiger partial charge in [0.2, 0.25) is 0 Å². The molecule has 0 rings (SSSR count). The standard InChI is InChI=1S/CH2O2.H2O.Tl/c2-1-3;;/h1H,(H,2,3);1H2;/q;;+1/p-1. The molecule has 0 unspecified atom stereocenters. The summed E-state index contributed by atoms with van der Waals surface area (Å²) in [5.74, 6) is 0. The molecule has 0 heterocycles. The molecule has 0 aliphatic carbocycles. The molecule has 28 valence electrons. The molecule has 5 heavy (non-hydrogen) atoms. The molecule has 0 aliphatic rings. The van der Waals surface area contributed by atoms with Gasteiger partial charge in [0.1, 0.15) is 0 Å². The van der Waals surface area contributed by atoms with Crippen LogP contribution < -0.4 is 0 Å². The van der Waals surface area contributed by atoms with E-state index < -0.39 is 0 Å². The van der Waals surface area contributed by atoms with Crippen LogP contribution in [0.3, 0.4) is 0 Å². The van der Waals surface area contributed by atoms with Crippen LogP contribution in [0.4, 0.5) is 0 Å². The van der Waals surface area contributed by atoms with E-state index in [0.717, 1.165) is 0 Å². The average molecular weight is 267 g/mol. The molecule has 0 saturated carbocycles. The van der Waals surface area contributed by atoms with Crippen LogP contribution in [0.1, 0.15) is 0 Å².